The molecule has 140 valence electrons. The van der Waals surface area contributed by atoms with E-state index in [1.54, 1.807) is 30.3 Å². The predicted octanol–water partition coefficient (Wildman–Crippen LogP) is 3.26. The summed E-state index contributed by atoms with van der Waals surface area (Å²) in [5.74, 6) is 0.701. The Kier molecular flexibility index (Phi) is 6.14. The third kappa shape index (κ3) is 5.64. The van der Waals surface area contributed by atoms with E-state index < -0.39 is 0 Å². The molecule has 0 saturated carbocycles. The number of amides is 1. The molecular formula is C20H20FN3O3. The van der Waals surface area contributed by atoms with Crippen LogP contribution in [0.3, 0.4) is 0 Å². The van der Waals surface area contributed by atoms with Crippen molar-refractivity contribution in [1.82, 2.24) is 15.5 Å². The summed E-state index contributed by atoms with van der Waals surface area (Å²) in [7, 11) is 0. The van der Waals surface area contributed by atoms with Gasteiger partial charge in [-0.1, -0.05) is 17.3 Å². The van der Waals surface area contributed by atoms with Gasteiger partial charge in [0.15, 0.2) is 0 Å². The maximum Gasteiger partial charge on any atom is 0.226 e. The first-order valence-electron chi connectivity index (χ1n) is 8.73. The SMILES string of the molecule is O=C(CCCc1nc(-c2ccc(F)cc2)no1)NCCc1cccc(O)c1. The predicted molar refractivity (Wildman–Crippen MR) is 97.5 cm³/mol. The molecule has 0 radical (unpaired) electrons. The summed E-state index contributed by atoms with van der Waals surface area (Å²) in [5.41, 5.74) is 1.64. The minimum atomic E-state index is -0.322. The first-order chi connectivity index (χ1) is 13.1. The van der Waals surface area contributed by atoms with Crippen LogP contribution in [-0.4, -0.2) is 27.7 Å². The van der Waals surface area contributed by atoms with Crippen molar-refractivity contribution in [2.75, 3.05) is 6.54 Å². The number of nitrogens with zero attached hydrogens (tertiary/aromatic N) is 2. The number of aromatic nitrogens is 2. The van der Waals surface area contributed by atoms with Crippen molar-refractivity contribution in [2.45, 2.75) is 25.7 Å². The van der Waals surface area contributed by atoms with Crippen molar-refractivity contribution in [3.8, 4) is 17.1 Å². The smallest absolute Gasteiger partial charge is 0.226 e. The molecule has 0 fully saturated rings. The lowest BCUT2D eigenvalue weighted by Crippen LogP contribution is -2.25. The lowest BCUT2D eigenvalue weighted by molar-refractivity contribution is -0.121. The van der Waals surface area contributed by atoms with Crippen molar-refractivity contribution in [2.24, 2.45) is 0 Å². The van der Waals surface area contributed by atoms with Crippen molar-refractivity contribution in [3.05, 3.63) is 65.8 Å². The van der Waals surface area contributed by atoms with Gasteiger partial charge in [-0.3, -0.25) is 4.79 Å². The van der Waals surface area contributed by atoms with Gasteiger partial charge in [-0.25, -0.2) is 4.39 Å². The molecule has 7 heteroatoms. The summed E-state index contributed by atoms with van der Waals surface area (Å²) in [6, 6.07) is 12.8. The molecule has 0 aliphatic rings. The molecular weight excluding hydrogens is 349 g/mol. The Morgan fingerprint density at radius 3 is 2.74 bits per heavy atom. The number of carbonyl (C=O) groups is 1. The summed E-state index contributed by atoms with van der Waals surface area (Å²) in [6.07, 6.45) is 2.09. The van der Waals surface area contributed by atoms with Gasteiger partial charge in [0, 0.05) is 24.9 Å². The Morgan fingerprint density at radius 1 is 1.15 bits per heavy atom. The molecule has 3 aromatic rings. The standard InChI is InChI=1S/C20H20FN3O3/c21-16-9-7-15(8-10-16)20-23-19(27-24-20)6-2-5-18(26)22-12-11-14-3-1-4-17(25)13-14/h1,3-4,7-10,13,25H,2,5-6,11-12H2,(H,22,26). The van der Waals surface area contributed by atoms with Gasteiger partial charge in [0.05, 0.1) is 0 Å². The van der Waals surface area contributed by atoms with Gasteiger partial charge in [0.2, 0.25) is 17.6 Å². The number of nitrogens with one attached hydrogen (secondary N) is 1. The molecule has 3 rings (SSSR count). The van der Waals surface area contributed by atoms with Gasteiger partial charge in [-0.2, -0.15) is 4.98 Å². The highest BCUT2D eigenvalue weighted by molar-refractivity contribution is 5.75. The molecule has 1 heterocycles. The molecule has 1 amide bonds. The number of hydrogen-bond donors (Lipinski definition) is 2. The zero-order valence-electron chi connectivity index (χ0n) is 14.7. The Balaban J connectivity index is 1.38. The summed E-state index contributed by atoms with van der Waals surface area (Å²) in [4.78, 5) is 16.1. The number of hydrogen-bond acceptors (Lipinski definition) is 5. The third-order valence-electron chi connectivity index (χ3n) is 4.01. The fourth-order valence-electron chi connectivity index (χ4n) is 2.62. The lowest BCUT2D eigenvalue weighted by atomic mass is 10.1. The van der Waals surface area contributed by atoms with Gasteiger partial charge in [0.25, 0.3) is 0 Å². The minimum absolute atomic E-state index is 0.0478. The van der Waals surface area contributed by atoms with Crippen molar-refractivity contribution in [1.29, 1.82) is 0 Å². The van der Waals surface area contributed by atoms with Gasteiger partial charge < -0.3 is 14.9 Å². The van der Waals surface area contributed by atoms with Gasteiger partial charge in [-0.05, 0) is 54.8 Å². The topological polar surface area (TPSA) is 88.2 Å². The average molecular weight is 369 g/mol. The van der Waals surface area contributed by atoms with E-state index in [2.05, 4.69) is 15.5 Å². The van der Waals surface area contributed by atoms with E-state index >= 15 is 0 Å². The Bertz CT molecular complexity index is 893. The molecule has 1 aromatic heterocycles. The molecule has 0 bridgehead atoms. The number of phenols is 1. The minimum Gasteiger partial charge on any atom is -0.508 e. The zero-order chi connectivity index (χ0) is 19.1. The van der Waals surface area contributed by atoms with E-state index in [9.17, 15) is 14.3 Å². The van der Waals surface area contributed by atoms with Gasteiger partial charge >= 0.3 is 0 Å². The molecule has 0 aliphatic carbocycles. The molecule has 2 N–H and O–H groups in total. The molecule has 0 aliphatic heterocycles. The highest BCUT2D eigenvalue weighted by Gasteiger charge is 2.09. The largest absolute Gasteiger partial charge is 0.508 e. The number of rotatable bonds is 8. The lowest BCUT2D eigenvalue weighted by Gasteiger charge is -2.05. The first kappa shape index (κ1) is 18.6. The second-order valence-electron chi connectivity index (χ2n) is 6.14. The maximum atomic E-state index is 12.9. The molecule has 0 unspecified atom stereocenters. The molecule has 0 atom stereocenters. The quantitative estimate of drug-likeness (QED) is 0.636. The van der Waals surface area contributed by atoms with Crippen LogP contribution in [0, 0.1) is 5.82 Å². The normalized spacial score (nSPS) is 10.7. The van der Waals surface area contributed by atoms with Crippen molar-refractivity contribution < 1.29 is 18.8 Å². The average Bonchev–Trinajstić information content (AvgIpc) is 3.11. The van der Waals surface area contributed by atoms with E-state index in [0.29, 0.717) is 49.5 Å². The second kappa shape index (κ2) is 8.93. The molecule has 27 heavy (non-hydrogen) atoms. The number of phenolic OH excluding ortho intramolecular Hbond substituents is 1. The van der Waals surface area contributed by atoms with Crippen LogP contribution in [0.25, 0.3) is 11.4 Å². The maximum absolute atomic E-state index is 12.9. The monoisotopic (exact) mass is 369 g/mol. The van der Waals surface area contributed by atoms with Crippen molar-refractivity contribution in [3.63, 3.8) is 0 Å². The van der Waals surface area contributed by atoms with Crippen LogP contribution in [0.5, 0.6) is 5.75 Å². The van der Waals surface area contributed by atoms with E-state index in [1.165, 1.54) is 12.1 Å². The summed E-state index contributed by atoms with van der Waals surface area (Å²) in [6.45, 7) is 0.511. The van der Waals surface area contributed by atoms with Crippen LogP contribution in [-0.2, 0) is 17.6 Å². The Labute approximate surface area is 156 Å². The van der Waals surface area contributed by atoms with Crippen LogP contribution < -0.4 is 5.32 Å². The fourth-order valence-corrected chi connectivity index (χ4v) is 2.62. The zero-order valence-corrected chi connectivity index (χ0v) is 14.7. The fraction of sp³-hybridized carbons (Fsp3) is 0.250. The van der Waals surface area contributed by atoms with E-state index in [1.807, 2.05) is 6.07 Å². The molecule has 0 saturated heterocycles. The van der Waals surface area contributed by atoms with Crippen LogP contribution in [0.15, 0.2) is 53.1 Å². The van der Waals surface area contributed by atoms with E-state index in [4.69, 9.17) is 4.52 Å². The van der Waals surface area contributed by atoms with E-state index in [-0.39, 0.29) is 17.5 Å². The Morgan fingerprint density at radius 2 is 1.96 bits per heavy atom. The van der Waals surface area contributed by atoms with Crippen LogP contribution in [0.1, 0.15) is 24.3 Å². The number of carbonyl (C=O) groups excluding carboxylic acids is 1. The van der Waals surface area contributed by atoms with Crippen LogP contribution >= 0.6 is 0 Å². The summed E-state index contributed by atoms with van der Waals surface area (Å²) >= 11 is 0. The highest BCUT2D eigenvalue weighted by atomic mass is 19.1. The third-order valence-corrected chi connectivity index (χ3v) is 4.01. The van der Waals surface area contributed by atoms with Gasteiger partial charge in [-0.15, -0.1) is 0 Å². The Hall–Kier alpha value is -3.22. The molecule has 6 nitrogen and oxygen atoms in total. The number of aromatic hydroxyl groups is 1. The second-order valence-corrected chi connectivity index (χ2v) is 6.14. The van der Waals surface area contributed by atoms with Crippen molar-refractivity contribution >= 4 is 5.91 Å². The van der Waals surface area contributed by atoms with Crippen LogP contribution in [0.2, 0.25) is 0 Å². The first-order valence-corrected chi connectivity index (χ1v) is 8.73. The van der Waals surface area contributed by atoms with Crippen LogP contribution in [0.4, 0.5) is 4.39 Å². The summed E-state index contributed by atoms with van der Waals surface area (Å²) < 4.78 is 18.1. The number of aryl methyl sites for hydroxylation is 1. The van der Waals surface area contributed by atoms with Gasteiger partial charge in [0.1, 0.15) is 11.6 Å². The van der Waals surface area contributed by atoms with E-state index in [0.717, 1.165) is 5.56 Å². The highest BCUT2D eigenvalue weighted by Crippen LogP contribution is 2.17. The molecule has 0 spiro atoms. The summed E-state index contributed by atoms with van der Waals surface area (Å²) in [5, 5.41) is 16.1. The number of halogens is 1. The molecule has 2 aromatic carbocycles. The number of benzene rings is 2.